The highest BCUT2D eigenvalue weighted by Gasteiger charge is 2.49. The van der Waals surface area contributed by atoms with Gasteiger partial charge in [0.25, 0.3) is 0 Å². The number of hydrogen-bond donors (Lipinski definition) is 0. The third-order valence-electron chi connectivity index (χ3n) is 8.33. The summed E-state index contributed by atoms with van der Waals surface area (Å²) in [7, 11) is 0. The number of para-hydroxylation sites is 1. The number of fused-ring (bicyclic) bond motifs is 2. The van der Waals surface area contributed by atoms with Gasteiger partial charge in [-0.1, -0.05) is 72.6 Å². The van der Waals surface area contributed by atoms with Crippen molar-refractivity contribution in [1.82, 2.24) is 4.98 Å². The van der Waals surface area contributed by atoms with Crippen LogP contribution in [-0.4, -0.2) is 35.2 Å². The molecule has 1 aromatic heterocycles. The van der Waals surface area contributed by atoms with E-state index in [4.69, 9.17) is 21.3 Å². The Labute approximate surface area is 248 Å². The third kappa shape index (κ3) is 5.09. The minimum absolute atomic E-state index is 0.134. The maximum absolute atomic E-state index is 13.3. The number of Topliss-reactive ketones (excluding diaryl/α,β-unsaturated/α-hetero) is 1. The molecule has 2 amide bonds. The smallest absolute Gasteiger partial charge is 0.339 e. The number of rotatable bonds is 6. The Morgan fingerprint density at radius 3 is 2.40 bits per heavy atom. The van der Waals surface area contributed by atoms with Crippen LogP contribution >= 0.6 is 11.6 Å². The van der Waals surface area contributed by atoms with Crippen LogP contribution in [0.3, 0.4) is 0 Å². The fourth-order valence-corrected chi connectivity index (χ4v) is 6.20. The first-order chi connectivity index (χ1) is 20.2. The summed E-state index contributed by atoms with van der Waals surface area (Å²) in [6.07, 6.45) is 2.43. The van der Waals surface area contributed by atoms with Gasteiger partial charge in [0.05, 0.1) is 39.3 Å². The summed E-state index contributed by atoms with van der Waals surface area (Å²) >= 11 is 6.48. The zero-order chi connectivity index (χ0) is 29.5. The standard InChI is InChI=1S/C34H29ClN2O5/c1-19-6-9-22(10-7-19)30(38)18-42-34(41)27-17-29(36-31-24(27)4-3-5-28(31)35)21-11-13-23(14-12-21)37-32(39)25-15-8-20(2)16-26(25)33(37)40/h3-7,9-14,17,20,25-26H,8,15-16,18H2,1-2H3. The number of carbonyl (C=O) groups is 4. The van der Waals surface area contributed by atoms with E-state index >= 15 is 0 Å². The number of carbonyl (C=O) groups excluding carboxylic acids is 4. The SMILES string of the molecule is Cc1ccc(C(=O)COC(=O)c2cc(-c3ccc(N4C(=O)C5CCC(C)CC5C4=O)cc3)nc3c(Cl)cccc23)cc1. The van der Waals surface area contributed by atoms with Crippen LogP contribution in [0, 0.1) is 24.7 Å². The molecular weight excluding hydrogens is 552 g/mol. The number of imide groups is 1. The average molecular weight is 581 g/mol. The molecular formula is C34H29ClN2O5. The Bertz CT molecular complexity index is 1730. The summed E-state index contributed by atoms with van der Waals surface area (Å²) in [5, 5.41) is 0.863. The molecule has 4 aromatic rings. The maximum Gasteiger partial charge on any atom is 0.339 e. The Morgan fingerprint density at radius 1 is 0.952 bits per heavy atom. The van der Waals surface area contributed by atoms with Crippen LogP contribution in [0.15, 0.2) is 72.8 Å². The van der Waals surface area contributed by atoms with Crippen LogP contribution < -0.4 is 4.90 Å². The van der Waals surface area contributed by atoms with Crippen LogP contribution in [0.2, 0.25) is 5.02 Å². The van der Waals surface area contributed by atoms with Gasteiger partial charge >= 0.3 is 5.97 Å². The lowest BCUT2D eigenvalue weighted by atomic mass is 9.76. The number of aromatic nitrogens is 1. The van der Waals surface area contributed by atoms with E-state index in [1.54, 1.807) is 60.7 Å². The number of benzene rings is 3. The number of hydrogen-bond acceptors (Lipinski definition) is 6. The van der Waals surface area contributed by atoms with E-state index in [1.807, 2.05) is 19.1 Å². The highest BCUT2D eigenvalue weighted by molar-refractivity contribution is 6.35. The molecule has 2 heterocycles. The molecule has 0 spiro atoms. The van der Waals surface area contributed by atoms with Gasteiger partial charge in [0.1, 0.15) is 0 Å². The molecule has 3 aromatic carbocycles. The summed E-state index contributed by atoms with van der Waals surface area (Å²) in [4.78, 5) is 58.2. The Kier molecular flexibility index (Phi) is 7.37. The van der Waals surface area contributed by atoms with Crippen molar-refractivity contribution in [2.24, 2.45) is 17.8 Å². The van der Waals surface area contributed by atoms with Crippen molar-refractivity contribution in [2.45, 2.75) is 33.1 Å². The molecule has 3 atom stereocenters. The van der Waals surface area contributed by atoms with Crippen LogP contribution in [0.4, 0.5) is 5.69 Å². The second kappa shape index (κ2) is 11.1. The normalized spacial score (nSPS) is 20.1. The van der Waals surface area contributed by atoms with Crippen molar-refractivity contribution in [3.63, 3.8) is 0 Å². The molecule has 0 bridgehead atoms. The largest absolute Gasteiger partial charge is 0.454 e. The van der Waals surface area contributed by atoms with Crippen molar-refractivity contribution in [1.29, 1.82) is 0 Å². The van der Waals surface area contributed by atoms with Gasteiger partial charge in [0.15, 0.2) is 12.4 Å². The molecule has 212 valence electrons. The first-order valence-corrected chi connectivity index (χ1v) is 14.4. The zero-order valence-electron chi connectivity index (χ0n) is 23.3. The molecule has 1 aliphatic heterocycles. The fraction of sp³-hybridized carbons (Fsp3) is 0.265. The molecule has 6 rings (SSSR count). The fourth-order valence-electron chi connectivity index (χ4n) is 5.99. The second-order valence-electron chi connectivity index (χ2n) is 11.2. The predicted octanol–water partition coefficient (Wildman–Crippen LogP) is 6.83. The number of esters is 1. The van der Waals surface area contributed by atoms with E-state index in [0.717, 1.165) is 24.8 Å². The number of amides is 2. The summed E-state index contributed by atoms with van der Waals surface area (Å²) in [5.41, 5.74) is 3.76. The lowest BCUT2D eigenvalue weighted by molar-refractivity contribution is -0.122. The predicted molar refractivity (Wildman–Crippen MR) is 160 cm³/mol. The number of anilines is 1. The summed E-state index contributed by atoms with van der Waals surface area (Å²) in [5.74, 6) is -1.32. The van der Waals surface area contributed by atoms with Gasteiger partial charge in [0.2, 0.25) is 11.8 Å². The lowest BCUT2D eigenvalue weighted by Crippen LogP contribution is -2.30. The monoisotopic (exact) mass is 580 g/mol. The highest BCUT2D eigenvalue weighted by atomic mass is 35.5. The van der Waals surface area contributed by atoms with Crippen molar-refractivity contribution >= 4 is 51.8 Å². The molecule has 1 saturated heterocycles. The van der Waals surface area contributed by atoms with E-state index in [2.05, 4.69) is 6.92 Å². The van der Waals surface area contributed by atoms with Crippen LogP contribution in [0.5, 0.6) is 0 Å². The molecule has 8 heteroatoms. The molecule has 1 aliphatic carbocycles. The Morgan fingerprint density at radius 2 is 1.67 bits per heavy atom. The lowest BCUT2D eigenvalue weighted by Gasteiger charge is -2.25. The molecule has 2 aliphatic rings. The summed E-state index contributed by atoms with van der Waals surface area (Å²) in [6.45, 7) is 3.64. The van der Waals surface area contributed by atoms with E-state index in [-0.39, 0.29) is 35.0 Å². The number of ether oxygens (including phenoxy) is 1. The maximum atomic E-state index is 13.3. The van der Waals surface area contributed by atoms with Crippen LogP contribution in [0.25, 0.3) is 22.2 Å². The number of nitrogens with zero attached hydrogens (tertiary/aromatic N) is 2. The molecule has 3 unspecified atom stereocenters. The summed E-state index contributed by atoms with van der Waals surface area (Å²) in [6, 6.07) is 20.8. The molecule has 42 heavy (non-hydrogen) atoms. The molecule has 1 saturated carbocycles. The van der Waals surface area contributed by atoms with E-state index < -0.39 is 12.6 Å². The van der Waals surface area contributed by atoms with Crippen molar-refractivity contribution in [3.05, 3.63) is 94.5 Å². The van der Waals surface area contributed by atoms with Gasteiger partial charge in [-0.05, 0) is 56.4 Å². The van der Waals surface area contributed by atoms with Gasteiger partial charge in [-0.25, -0.2) is 9.78 Å². The van der Waals surface area contributed by atoms with Gasteiger partial charge in [-0.2, -0.15) is 0 Å². The highest BCUT2D eigenvalue weighted by Crippen LogP contribution is 2.42. The quantitative estimate of drug-likeness (QED) is 0.141. The minimum Gasteiger partial charge on any atom is -0.454 e. The minimum atomic E-state index is -0.673. The third-order valence-corrected chi connectivity index (χ3v) is 8.63. The number of pyridine rings is 1. The topological polar surface area (TPSA) is 93.6 Å². The molecule has 2 fully saturated rings. The van der Waals surface area contributed by atoms with Crippen LogP contribution in [0.1, 0.15) is 52.5 Å². The Balaban J connectivity index is 1.28. The van der Waals surface area contributed by atoms with Crippen molar-refractivity contribution in [3.8, 4) is 11.3 Å². The number of aryl methyl sites for hydroxylation is 1. The van der Waals surface area contributed by atoms with Crippen molar-refractivity contribution < 1.29 is 23.9 Å². The van der Waals surface area contributed by atoms with Gasteiger partial charge in [0, 0.05) is 16.5 Å². The van der Waals surface area contributed by atoms with E-state index in [0.29, 0.717) is 44.4 Å². The molecule has 0 radical (unpaired) electrons. The molecule has 7 nitrogen and oxygen atoms in total. The molecule has 0 N–H and O–H groups in total. The summed E-state index contributed by atoms with van der Waals surface area (Å²) < 4.78 is 5.44. The number of halogens is 1. The van der Waals surface area contributed by atoms with E-state index in [9.17, 15) is 19.2 Å². The van der Waals surface area contributed by atoms with Gasteiger partial charge < -0.3 is 4.74 Å². The first kappa shape index (κ1) is 27.8. The van der Waals surface area contributed by atoms with Crippen molar-refractivity contribution in [2.75, 3.05) is 11.5 Å². The van der Waals surface area contributed by atoms with Crippen LogP contribution in [-0.2, 0) is 14.3 Å². The average Bonchev–Trinajstić information content (AvgIpc) is 3.24. The van der Waals surface area contributed by atoms with Gasteiger partial charge in [-0.3, -0.25) is 19.3 Å². The number of ketones is 1. The van der Waals surface area contributed by atoms with E-state index in [1.165, 1.54) is 4.90 Å². The zero-order valence-corrected chi connectivity index (χ0v) is 24.1. The Hall–Kier alpha value is -4.36. The first-order valence-electron chi connectivity index (χ1n) is 14.1. The second-order valence-corrected chi connectivity index (χ2v) is 11.7. The van der Waals surface area contributed by atoms with Gasteiger partial charge in [-0.15, -0.1) is 0 Å².